The number of aliphatic hydroxyl groups is 1. The monoisotopic (exact) mass is 380 g/mol. The van der Waals surface area contributed by atoms with Crippen molar-refractivity contribution in [2.75, 3.05) is 31.1 Å². The number of benzene rings is 1. The fraction of sp³-hybridized carbons (Fsp3) is 0.500. The number of hydrogen-bond donors (Lipinski definition) is 2. The van der Waals surface area contributed by atoms with Gasteiger partial charge in [-0.3, -0.25) is 4.79 Å². The highest BCUT2D eigenvalue weighted by Crippen LogP contribution is 2.33. The molecule has 1 amide bonds. The number of carbonyl (C=O) groups is 1. The first-order valence-corrected chi connectivity index (χ1v) is 10.3. The third-order valence-corrected chi connectivity index (χ3v) is 5.67. The van der Waals surface area contributed by atoms with Crippen LogP contribution in [0.2, 0.25) is 0 Å². The lowest BCUT2D eigenvalue weighted by molar-refractivity contribution is -0.125. The third-order valence-electron chi connectivity index (χ3n) is 5.67. The number of carbonyl (C=O) groups excluding carboxylic acids is 1. The van der Waals surface area contributed by atoms with Gasteiger partial charge in [-0.15, -0.1) is 0 Å². The summed E-state index contributed by atoms with van der Waals surface area (Å²) in [6, 6.07) is 10.1. The summed E-state index contributed by atoms with van der Waals surface area (Å²) in [4.78, 5) is 24.6. The maximum absolute atomic E-state index is 12.5. The SMILES string of the molecule is O=C(NCCCO)[C@H]1CCCN(c2nc(-c3ccccc3)nc3c2CCC3)C1. The number of fused-ring (bicyclic) bond motifs is 1. The van der Waals surface area contributed by atoms with Crippen molar-refractivity contribution in [1.82, 2.24) is 15.3 Å². The van der Waals surface area contributed by atoms with Crippen LogP contribution >= 0.6 is 0 Å². The van der Waals surface area contributed by atoms with Crippen molar-refractivity contribution in [3.05, 3.63) is 41.6 Å². The van der Waals surface area contributed by atoms with Crippen molar-refractivity contribution in [3.63, 3.8) is 0 Å². The van der Waals surface area contributed by atoms with Crippen LogP contribution in [0.3, 0.4) is 0 Å². The van der Waals surface area contributed by atoms with Gasteiger partial charge < -0.3 is 15.3 Å². The van der Waals surface area contributed by atoms with Gasteiger partial charge >= 0.3 is 0 Å². The van der Waals surface area contributed by atoms with Crippen LogP contribution in [0.4, 0.5) is 5.82 Å². The molecule has 1 aliphatic carbocycles. The summed E-state index contributed by atoms with van der Waals surface area (Å²) in [6.45, 7) is 2.26. The molecule has 0 bridgehead atoms. The van der Waals surface area contributed by atoms with Crippen molar-refractivity contribution < 1.29 is 9.90 Å². The highest BCUT2D eigenvalue weighted by Gasteiger charge is 2.30. The number of aryl methyl sites for hydroxylation is 1. The molecule has 2 aromatic rings. The molecule has 0 radical (unpaired) electrons. The number of hydrogen-bond acceptors (Lipinski definition) is 5. The molecule has 0 saturated carbocycles. The van der Waals surface area contributed by atoms with Crippen molar-refractivity contribution in [1.29, 1.82) is 0 Å². The van der Waals surface area contributed by atoms with Crippen LogP contribution in [0.15, 0.2) is 30.3 Å². The lowest BCUT2D eigenvalue weighted by atomic mass is 9.96. The summed E-state index contributed by atoms with van der Waals surface area (Å²) in [7, 11) is 0. The van der Waals surface area contributed by atoms with Crippen LogP contribution in [-0.2, 0) is 17.6 Å². The van der Waals surface area contributed by atoms with Gasteiger partial charge in [-0.25, -0.2) is 9.97 Å². The second-order valence-electron chi connectivity index (χ2n) is 7.67. The topological polar surface area (TPSA) is 78.4 Å². The number of nitrogens with zero attached hydrogens (tertiary/aromatic N) is 3. The number of aliphatic hydroxyl groups excluding tert-OH is 1. The fourth-order valence-corrected chi connectivity index (χ4v) is 4.21. The molecule has 1 aromatic carbocycles. The zero-order chi connectivity index (χ0) is 19.3. The van der Waals surface area contributed by atoms with Gasteiger partial charge in [-0.05, 0) is 38.5 Å². The number of rotatable bonds is 6. The van der Waals surface area contributed by atoms with Gasteiger partial charge in [0.25, 0.3) is 0 Å². The molecule has 2 heterocycles. The van der Waals surface area contributed by atoms with E-state index in [0.29, 0.717) is 19.5 Å². The normalized spacial score (nSPS) is 18.8. The molecule has 1 aliphatic heterocycles. The van der Waals surface area contributed by atoms with E-state index in [1.807, 2.05) is 30.3 Å². The number of amides is 1. The maximum Gasteiger partial charge on any atom is 0.224 e. The van der Waals surface area contributed by atoms with Gasteiger partial charge in [0.05, 0.1) is 5.92 Å². The third kappa shape index (κ3) is 4.02. The van der Waals surface area contributed by atoms with Crippen LogP contribution in [-0.4, -0.2) is 47.2 Å². The van der Waals surface area contributed by atoms with Crippen LogP contribution in [0.5, 0.6) is 0 Å². The van der Waals surface area contributed by atoms with Gasteiger partial charge in [0, 0.05) is 43.1 Å². The minimum Gasteiger partial charge on any atom is -0.396 e. The van der Waals surface area contributed by atoms with E-state index in [-0.39, 0.29) is 18.4 Å². The first kappa shape index (κ1) is 18.9. The number of anilines is 1. The van der Waals surface area contributed by atoms with E-state index in [0.717, 1.165) is 55.9 Å². The van der Waals surface area contributed by atoms with E-state index >= 15 is 0 Å². The summed E-state index contributed by atoms with van der Waals surface area (Å²) in [5.74, 6) is 1.87. The van der Waals surface area contributed by atoms with E-state index in [2.05, 4.69) is 10.2 Å². The standard InChI is InChI=1S/C22H28N4O2/c27-14-6-12-23-22(28)17-9-5-13-26(15-17)21-18-10-4-11-19(18)24-20(25-21)16-7-2-1-3-8-16/h1-3,7-8,17,27H,4-6,9-15H2,(H,23,28)/t17-/m0/s1. The highest BCUT2D eigenvalue weighted by molar-refractivity contribution is 5.79. The van der Waals surface area contributed by atoms with Crippen LogP contribution in [0.25, 0.3) is 11.4 Å². The number of piperidine rings is 1. The molecule has 0 unspecified atom stereocenters. The molecule has 1 atom stereocenters. The second-order valence-corrected chi connectivity index (χ2v) is 7.67. The number of nitrogens with one attached hydrogen (secondary N) is 1. The van der Waals surface area contributed by atoms with Crippen molar-refractivity contribution in [3.8, 4) is 11.4 Å². The van der Waals surface area contributed by atoms with Gasteiger partial charge in [0.2, 0.25) is 5.91 Å². The maximum atomic E-state index is 12.5. The minimum atomic E-state index is -0.0281. The average Bonchev–Trinajstić information content (AvgIpc) is 3.22. The smallest absolute Gasteiger partial charge is 0.224 e. The van der Waals surface area contributed by atoms with Gasteiger partial charge in [-0.2, -0.15) is 0 Å². The Kier molecular flexibility index (Phi) is 5.86. The van der Waals surface area contributed by atoms with Crippen LogP contribution < -0.4 is 10.2 Å². The van der Waals surface area contributed by atoms with Crippen molar-refractivity contribution in [2.45, 2.75) is 38.5 Å². The van der Waals surface area contributed by atoms with Crippen LogP contribution in [0, 0.1) is 5.92 Å². The van der Waals surface area contributed by atoms with Crippen molar-refractivity contribution in [2.24, 2.45) is 5.92 Å². The molecule has 1 aromatic heterocycles. The Balaban J connectivity index is 1.58. The first-order valence-electron chi connectivity index (χ1n) is 10.3. The fourth-order valence-electron chi connectivity index (χ4n) is 4.21. The number of aromatic nitrogens is 2. The Hall–Kier alpha value is -2.47. The summed E-state index contributed by atoms with van der Waals surface area (Å²) >= 11 is 0. The van der Waals surface area contributed by atoms with E-state index in [4.69, 9.17) is 15.1 Å². The quantitative estimate of drug-likeness (QED) is 0.752. The highest BCUT2D eigenvalue weighted by atomic mass is 16.3. The first-order chi connectivity index (χ1) is 13.8. The van der Waals surface area contributed by atoms with Crippen LogP contribution in [0.1, 0.15) is 36.9 Å². The molecule has 6 heteroatoms. The second kappa shape index (κ2) is 8.69. The molecule has 148 valence electrons. The largest absolute Gasteiger partial charge is 0.396 e. The van der Waals surface area contributed by atoms with E-state index in [9.17, 15) is 4.79 Å². The Morgan fingerprint density at radius 1 is 1.18 bits per heavy atom. The molecule has 1 fully saturated rings. The zero-order valence-corrected chi connectivity index (χ0v) is 16.2. The Morgan fingerprint density at radius 2 is 2.04 bits per heavy atom. The summed E-state index contributed by atoms with van der Waals surface area (Å²) in [5.41, 5.74) is 3.47. The van der Waals surface area contributed by atoms with Crippen molar-refractivity contribution >= 4 is 11.7 Å². The molecular weight excluding hydrogens is 352 g/mol. The van der Waals surface area contributed by atoms with Gasteiger partial charge in [0.1, 0.15) is 5.82 Å². The lowest BCUT2D eigenvalue weighted by Crippen LogP contribution is -2.44. The molecule has 28 heavy (non-hydrogen) atoms. The molecule has 0 spiro atoms. The Labute approximate surface area is 166 Å². The predicted molar refractivity (Wildman–Crippen MR) is 109 cm³/mol. The molecule has 6 nitrogen and oxygen atoms in total. The molecule has 2 aliphatic rings. The minimum absolute atomic E-state index is 0.0281. The molecular formula is C22H28N4O2. The lowest BCUT2D eigenvalue weighted by Gasteiger charge is -2.34. The predicted octanol–water partition coefficient (Wildman–Crippen LogP) is 2.35. The van der Waals surface area contributed by atoms with Gasteiger partial charge in [0.15, 0.2) is 5.82 Å². The van der Waals surface area contributed by atoms with E-state index < -0.39 is 0 Å². The summed E-state index contributed by atoms with van der Waals surface area (Å²) < 4.78 is 0. The Bertz CT molecular complexity index is 825. The molecule has 4 rings (SSSR count). The summed E-state index contributed by atoms with van der Waals surface area (Å²) in [6.07, 6.45) is 5.63. The zero-order valence-electron chi connectivity index (χ0n) is 16.2. The van der Waals surface area contributed by atoms with E-state index in [1.54, 1.807) is 0 Å². The summed E-state index contributed by atoms with van der Waals surface area (Å²) in [5, 5.41) is 11.9. The Morgan fingerprint density at radius 3 is 2.86 bits per heavy atom. The molecule has 2 N–H and O–H groups in total. The van der Waals surface area contributed by atoms with E-state index in [1.165, 1.54) is 11.3 Å². The molecule has 1 saturated heterocycles. The average molecular weight is 380 g/mol. The van der Waals surface area contributed by atoms with Gasteiger partial charge in [-0.1, -0.05) is 30.3 Å².